The van der Waals surface area contributed by atoms with Gasteiger partial charge in [0.05, 0.1) is 25.2 Å². The van der Waals surface area contributed by atoms with Crippen LogP contribution >= 0.6 is 0 Å². The van der Waals surface area contributed by atoms with E-state index in [9.17, 15) is 4.79 Å². The molecule has 0 aliphatic rings. The van der Waals surface area contributed by atoms with Gasteiger partial charge in [0.2, 0.25) is 0 Å². The van der Waals surface area contributed by atoms with Gasteiger partial charge in [-0.25, -0.2) is 0 Å². The fourth-order valence-corrected chi connectivity index (χ4v) is 1.12. The molecule has 1 N–H and O–H groups in total. The minimum Gasteiger partial charge on any atom is -0.469 e. The zero-order chi connectivity index (χ0) is 11.9. The second-order valence-corrected chi connectivity index (χ2v) is 4.47. The number of carbonyl (C=O) groups excluding carboxylic acids is 1. The number of carbonyl (C=O) groups is 1. The summed E-state index contributed by atoms with van der Waals surface area (Å²) in [7, 11) is 1.41. The van der Waals surface area contributed by atoms with Gasteiger partial charge in [0, 0.05) is 13.1 Å². The molecule has 0 saturated carbocycles. The van der Waals surface area contributed by atoms with Crippen molar-refractivity contribution >= 4 is 5.97 Å². The Morgan fingerprint density at radius 3 is 2.47 bits per heavy atom. The van der Waals surface area contributed by atoms with Crippen LogP contribution in [0.2, 0.25) is 0 Å². The van der Waals surface area contributed by atoms with Gasteiger partial charge in [-0.3, -0.25) is 4.79 Å². The zero-order valence-corrected chi connectivity index (χ0v) is 10.4. The van der Waals surface area contributed by atoms with Crippen molar-refractivity contribution in [3.63, 3.8) is 0 Å². The highest BCUT2D eigenvalue weighted by Gasteiger charge is 2.27. The maximum atomic E-state index is 11.3. The van der Waals surface area contributed by atoms with Crippen LogP contribution in [-0.4, -0.2) is 38.9 Å². The highest BCUT2D eigenvalue weighted by Crippen LogP contribution is 2.14. The second-order valence-electron chi connectivity index (χ2n) is 4.47. The number of rotatable bonds is 7. The molecule has 0 heterocycles. The van der Waals surface area contributed by atoms with E-state index in [-0.39, 0.29) is 12.1 Å². The molecule has 0 atom stereocenters. The average Bonchev–Trinajstić information content (AvgIpc) is 2.15. The highest BCUT2D eigenvalue weighted by atomic mass is 16.5. The predicted octanol–water partition coefficient (Wildman–Crippen LogP) is 1.20. The van der Waals surface area contributed by atoms with Gasteiger partial charge in [0.15, 0.2) is 0 Å². The van der Waals surface area contributed by atoms with Crippen LogP contribution in [0.1, 0.15) is 27.7 Å². The summed E-state index contributed by atoms with van der Waals surface area (Å²) in [5.41, 5.74) is -0.480. The third-order valence-corrected chi connectivity index (χ3v) is 2.03. The summed E-state index contributed by atoms with van der Waals surface area (Å²) in [5, 5.41) is 3.17. The molecule has 0 fully saturated rings. The molecular formula is C11H23NO3. The van der Waals surface area contributed by atoms with Crippen LogP contribution in [0.15, 0.2) is 0 Å². The average molecular weight is 217 g/mol. The normalized spacial score (nSPS) is 11.9. The van der Waals surface area contributed by atoms with E-state index in [2.05, 4.69) is 5.32 Å². The molecule has 0 saturated heterocycles. The van der Waals surface area contributed by atoms with Crippen LogP contribution in [0.3, 0.4) is 0 Å². The number of nitrogens with one attached hydrogen (secondary N) is 1. The molecule has 0 aromatic heterocycles. The molecule has 0 aliphatic heterocycles. The molecule has 0 aromatic rings. The molecule has 0 aromatic carbocycles. The molecule has 0 spiro atoms. The Kier molecular flexibility index (Phi) is 6.52. The van der Waals surface area contributed by atoms with Gasteiger partial charge in [0.25, 0.3) is 0 Å². The van der Waals surface area contributed by atoms with Crippen LogP contribution in [0.4, 0.5) is 0 Å². The van der Waals surface area contributed by atoms with E-state index in [0.717, 1.165) is 6.54 Å². The molecular weight excluding hydrogens is 194 g/mol. The summed E-state index contributed by atoms with van der Waals surface area (Å²) in [6.07, 6.45) is 0.250. The van der Waals surface area contributed by atoms with Gasteiger partial charge in [-0.1, -0.05) is 0 Å². The van der Waals surface area contributed by atoms with E-state index in [1.165, 1.54) is 7.11 Å². The van der Waals surface area contributed by atoms with Crippen LogP contribution < -0.4 is 5.32 Å². The third kappa shape index (κ3) is 6.47. The maximum absolute atomic E-state index is 11.3. The van der Waals surface area contributed by atoms with Gasteiger partial charge in [-0.05, 0) is 27.7 Å². The molecule has 4 heteroatoms. The monoisotopic (exact) mass is 217 g/mol. The molecule has 0 aliphatic carbocycles. The van der Waals surface area contributed by atoms with Crippen molar-refractivity contribution in [2.45, 2.75) is 33.8 Å². The van der Waals surface area contributed by atoms with Crippen molar-refractivity contribution in [1.82, 2.24) is 5.32 Å². The summed E-state index contributed by atoms with van der Waals surface area (Å²) in [6.45, 7) is 9.72. The molecule has 0 rings (SSSR count). The fraction of sp³-hybridized carbons (Fsp3) is 0.909. The summed E-state index contributed by atoms with van der Waals surface area (Å²) in [6, 6.07) is 0. The van der Waals surface area contributed by atoms with E-state index >= 15 is 0 Å². The van der Waals surface area contributed by atoms with Crippen LogP contribution in [0.5, 0.6) is 0 Å². The van der Waals surface area contributed by atoms with Crippen molar-refractivity contribution in [2.75, 3.05) is 26.8 Å². The lowest BCUT2D eigenvalue weighted by molar-refractivity contribution is -0.150. The van der Waals surface area contributed by atoms with Gasteiger partial charge in [-0.2, -0.15) is 0 Å². The summed E-state index contributed by atoms with van der Waals surface area (Å²) < 4.78 is 10.1. The molecule has 0 amide bonds. The first kappa shape index (κ1) is 14.4. The first-order valence-electron chi connectivity index (χ1n) is 5.31. The molecule has 15 heavy (non-hydrogen) atoms. The second kappa shape index (κ2) is 6.80. The number of hydrogen-bond acceptors (Lipinski definition) is 4. The minimum absolute atomic E-state index is 0.195. The topological polar surface area (TPSA) is 47.6 Å². The number of hydrogen-bond donors (Lipinski definition) is 1. The Morgan fingerprint density at radius 1 is 1.40 bits per heavy atom. The molecule has 90 valence electrons. The lowest BCUT2D eigenvalue weighted by Gasteiger charge is -2.21. The lowest BCUT2D eigenvalue weighted by atomic mass is 9.94. The van der Waals surface area contributed by atoms with E-state index < -0.39 is 5.41 Å². The minimum atomic E-state index is -0.480. The highest BCUT2D eigenvalue weighted by molar-refractivity contribution is 5.75. The van der Waals surface area contributed by atoms with Gasteiger partial charge in [-0.15, -0.1) is 0 Å². The van der Waals surface area contributed by atoms with Crippen molar-refractivity contribution in [2.24, 2.45) is 5.41 Å². The summed E-state index contributed by atoms with van der Waals surface area (Å²) in [4.78, 5) is 11.3. The Labute approximate surface area is 92.3 Å². The quantitative estimate of drug-likeness (QED) is 0.514. The lowest BCUT2D eigenvalue weighted by Crippen LogP contribution is -2.38. The SMILES string of the molecule is COC(=O)C(C)(C)CNCCOC(C)C. The zero-order valence-electron chi connectivity index (χ0n) is 10.4. The smallest absolute Gasteiger partial charge is 0.312 e. The largest absolute Gasteiger partial charge is 0.469 e. The van der Waals surface area contributed by atoms with Crippen LogP contribution in [0, 0.1) is 5.41 Å². The summed E-state index contributed by atoms with van der Waals surface area (Å²) in [5.74, 6) is -0.195. The Morgan fingerprint density at radius 2 is 2.00 bits per heavy atom. The number of esters is 1. The maximum Gasteiger partial charge on any atom is 0.312 e. The molecule has 0 radical (unpaired) electrons. The summed E-state index contributed by atoms with van der Waals surface area (Å²) >= 11 is 0. The van der Waals surface area contributed by atoms with Crippen molar-refractivity contribution in [3.8, 4) is 0 Å². The van der Waals surface area contributed by atoms with E-state index in [1.54, 1.807) is 0 Å². The van der Waals surface area contributed by atoms with Gasteiger partial charge >= 0.3 is 5.97 Å². The third-order valence-electron chi connectivity index (χ3n) is 2.03. The molecule has 0 bridgehead atoms. The first-order valence-corrected chi connectivity index (χ1v) is 5.31. The fourth-order valence-electron chi connectivity index (χ4n) is 1.12. The van der Waals surface area contributed by atoms with E-state index in [4.69, 9.17) is 9.47 Å². The van der Waals surface area contributed by atoms with Crippen molar-refractivity contribution < 1.29 is 14.3 Å². The molecule has 4 nitrogen and oxygen atoms in total. The van der Waals surface area contributed by atoms with Crippen molar-refractivity contribution in [1.29, 1.82) is 0 Å². The van der Waals surface area contributed by atoms with E-state index in [1.807, 2.05) is 27.7 Å². The van der Waals surface area contributed by atoms with Gasteiger partial charge < -0.3 is 14.8 Å². The number of ether oxygens (including phenoxy) is 2. The van der Waals surface area contributed by atoms with Crippen molar-refractivity contribution in [3.05, 3.63) is 0 Å². The van der Waals surface area contributed by atoms with E-state index in [0.29, 0.717) is 13.2 Å². The Balaban J connectivity index is 3.62. The predicted molar refractivity (Wildman–Crippen MR) is 59.8 cm³/mol. The first-order chi connectivity index (χ1) is 6.90. The number of methoxy groups -OCH3 is 1. The molecule has 0 unspecified atom stereocenters. The Hall–Kier alpha value is -0.610. The standard InChI is InChI=1S/C11H23NO3/c1-9(2)15-7-6-12-8-11(3,4)10(13)14-5/h9,12H,6-8H2,1-5H3. The van der Waals surface area contributed by atoms with Gasteiger partial charge in [0.1, 0.15) is 0 Å². The van der Waals surface area contributed by atoms with Crippen LogP contribution in [-0.2, 0) is 14.3 Å². The van der Waals surface area contributed by atoms with Crippen LogP contribution in [0.25, 0.3) is 0 Å². The Bertz CT molecular complexity index is 190.